The summed E-state index contributed by atoms with van der Waals surface area (Å²) < 4.78 is 6.63. The lowest BCUT2D eigenvalue weighted by atomic mass is 10.2. The summed E-state index contributed by atoms with van der Waals surface area (Å²) in [5.74, 6) is 0.707. The second-order valence-corrected chi connectivity index (χ2v) is 6.51. The zero-order valence-corrected chi connectivity index (χ0v) is 12.2. The first kappa shape index (κ1) is 12.4. The van der Waals surface area contributed by atoms with Crippen LogP contribution in [0.4, 0.5) is 0 Å². The molecule has 0 bridgehead atoms. The molecule has 2 aromatic rings. The molecule has 0 amide bonds. The van der Waals surface area contributed by atoms with Gasteiger partial charge in [-0.15, -0.1) is 22.7 Å². The zero-order valence-electron chi connectivity index (χ0n) is 8.24. The monoisotopic (exact) mass is 338 g/mol. The maximum atomic E-state index is 10.2. The molecular formula is C10H8BrClO2S2. The summed E-state index contributed by atoms with van der Waals surface area (Å²) in [6, 6.07) is 3.67. The first-order chi connectivity index (χ1) is 7.63. The minimum Gasteiger partial charge on any atom is -0.495 e. The van der Waals surface area contributed by atoms with E-state index in [2.05, 4.69) is 15.9 Å². The van der Waals surface area contributed by atoms with Gasteiger partial charge in [-0.2, -0.15) is 0 Å². The van der Waals surface area contributed by atoms with E-state index in [0.717, 1.165) is 14.2 Å². The van der Waals surface area contributed by atoms with E-state index < -0.39 is 6.10 Å². The molecule has 0 saturated carbocycles. The van der Waals surface area contributed by atoms with Gasteiger partial charge in [0.25, 0.3) is 0 Å². The van der Waals surface area contributed by atoms with Gasteiger partial charge < -0.3 is 9.84 Å². The molecule has 2 rings (SSSR count). The Labute approximate surface area is 115 Å². The highest BCUT2D eigenvalue weighted by molar-refractivity contribution is 9.10. The molecule has 86 valence electrons. The molecule has 0 saturated heterocycles. The summed E-state index contributed by atoms with van der Waals surface area (Å²) in [6.45, 7) is 0. The largest absolute Gasteiger partial charge is 0.495 e. The molecule has 1 unspecified atom stereocenters. The SMILES string of the molecule is COc1ccsc1C(O)c1cc(Br)c(Cl)s1. The topological polar surface area (TPSA) is 29.5 Å². The number of methoxy groups -OCH3 is 1. The van der Waals surface area contributed by atoms with E-state index in [4.69, 9.17) is 16.3 Å². The Morgan fingerprint density at radius 3 is 2.88 bits per heavy atom. The lowest BCUT2D eigenvalue weighted by molar-refractivity contribution is 0.223. The molecule has 0 aliphatic carbocycles. The van der Waals surface area contributed by atoms with Crippen LogP contribution in [0, 0.1) is 0 Å². The smallest absolute Gasteiger partial charge is 0.135 e. The van der Waals surface area contributed by atoms with Crippen LogP contribution < -0.4 is 4.74 Å². The third kappa shape index (κ3) is 2.28. The molecule has 0 aliphatic heterocycles. The van der Waals surface area contributed by atoms with E-state index in [1.165, 1.54) is 22.7 Å². The third-order valence-electron chi connectivity index (χ3n) is 2.06. The highest BCUT2D eigenvalue weighted by Crippen LogP contribution is 2.41. The molecule has 0 radical (unpaired) electrons. The number of thiophene rings is 2. The van der Waals surface area contributed by atoms with Crippen molar-refractivity contribution in [2.45, 2.75) is 6.10 Å². The van der Waals surface area contributed by atoms with Gasteiger partial charge >= 0.3 is 0 Å². The van der Waals surface area contributed by atoms with E-state index in [1.807, 2.05) is 17.5 Å². The van der Waals surface area contributed by atoms with Gasteiger partial charge in [0.15, 0.2) is 0 Å². The molecule has 16 heavy (non-hydrogen) atoms. The Morgan fingerprint density at radius 1 is 1.56 bits per heavy atom. The maximum absolute atomic E-state index is 10.2. The highest BCUT2D eigenvalue weighted by Gasteiger charge is 2.20. The van der Waals surface area contributed by atoms with Crippen molar-refractivity contribution in [3.63, 3.8) is 0 Å². The quantitative estimate of drug-likeness (QED) is 0.902. The van der Waals surface area contributed by atoms with E-state index in [-0.39, 0.29) is 0 Å². The molecule has 2 nitrogen and oxygen atoms in total. The molecule has 6 heteroatoms. The van der Waals surface area contributed by atoms with Crippen molar-refractivity contribution < 1.29 is 9.84 Å². The highest BCUT2D eigenvalue weighted by atomic mass is 79.9. The summed E-state index contributed by atoms with van der Waals surface area (Å²) in [5, 5.41) is 12.1. The van der Waals surface area contributed by atoms with E-state index in [1.54, 1.807) is 7.11 Å². The second-order valence-electron chi connectivity index (χ2n) is 3.03. The summed E-state index contributed by atoms with van der Waals surface area (Å²) in [5.41, 5.74) is 0. The van der Waals surface area contributed by atoms with Crippen molar-refractivity contribution in [3.8, 4) is 5.75 Å². The van der Waals surface area contributed by atoms with Crippen molar-refractivity contribution in [2.75, 3.05) is 7.11 Å². The number of hydrogen-bond acceptors (Lipinski definition) is 4. The van der Waals surface area contributed by atoms with E-state index >= 15 is 0 Å². The summed E-state index contributed by atoms with van der Waals surface area (Å²) in [7, 11) is 1.59. The Bertz CT molecular complexity index is 475. The lowest BCUT2D eigenvalue weighted by Gasteiger charge is -2.08. The van der Waals surface area contributed by atoms with Crippen LogP contribution in [-0.4, -0.2) is 12.2 Å². The Balaban J connectivity index is 2.35. The van der Waals surface area contributed by atoms with E-state index in [0.29, 0.717) is 10.1 Å². The predicted molar refractivity (Wildman–Crippen MR) is 72.0 cm³/mol. The molecule has 0 aromatic carbocycles. The second kappa shape index (κ2) is 5.06. The Hall–Kier alpha value is -0.0700. The third-order valence-corrected chi connectivity index (χ3v) is 5.54. The van der Waals surface area contributed by atoms with Crippen LogP contribution >= 0.6 is 50.2 Å². The van der Waals surface area contributed by atoms with E-state index in [9.17, 15) is 5.11 Å². The van der Waals surface area contributed by atoms with Crippen LogP contribution in [-0.2, 0) is 0 Å². The van der Waals surface area contributed by atoms with Crippen LogP contribution in [0.15, 0.2) is 22.0 Å². The minimum absolute atomic E-state index is 0.643. The van der Waals surface area contributed by atoms with Gasteiger partial charge in [-0.25, -0.2) is 0 Å². The van der Waals surface area contributed by atoms with Crippen molar-refractivity contribution in [1.29, 1.82) is 0 Å². The predicted octanol–water partition coefficient (Wildman–Crippen LogP) is 4.32. The minimum atomic E-state index is -0.677. The van der Waals surface area contributed by atoms with Crippen LogP contribution in [0.25, 0.3) is 0 Å². The number of ether oxygens (including phenoxy) is 1. The van der Waals surface area contributed by atoms with Crippen LogP contribution in [0.5, 0.6) is 5.75 Å². The molecule has 0 spiro atoms. The van der Waals surface area contributed by atoms with Crippen LogP contribution in [0.2, 0.25) is 4.34 Å². The summed E-state index contributed by atoms with van der Waals surface area (Å²) in [6.07, 6.45) is -0.677. The van der Waals surface area contributed by atoms with Gasteiger partial charge in [0.2, 0.25) is 0 Å². The molecule has 1 N–H and O–H groups in total. The van der Waals surface area contributed by atoms with Crippen molar-refractivity contribution in [2.24, 2.45) is 0 Å². The van der Waals surface area contributed by atoms with Crippen LogP contribution in [0.3, 0.4) is 0 Å². The van der Waals surface area contributed by atoms with Gasteiger partial charge in [0.1, 0.15) is 16.2 Å². The lowest BCUT2D eigenvalue weighted by Crippen LogP contribution is -1.96. The standard InChI is InChI=1S/C10H8BrClO2S2/c1-14-6-2-3-15-9(6)8(13)7-4-5(11)10(12)16-7/h2-4,8,13H,1H3. The number of aliphatic hydroxyl groups excluding tert-OH is 1. The molecule has 2 aromatic heterocycles. The van der Waals surface area contributed by atoms with Gasteiger partial charge in [0.05, 0.1) is 12.0 Å². The number of rotatable bonds is 3. The van der Waals surface area contributed by atoms with Gasteiger partial charge in [0, 0.05) is 9.35 Å². The number of hydrogen-bond donors (Lipinski definition) is 1. The van der Waals surface area contributed by atoms with Crippen molar-refractivity contribution >= 4 is 50.2 Å². The number of aliphatic hydroxyl groups is 1. The molecule has 0 fully saturated rings. The zero-order chi connectivity index (χ0) is 11.7. The maximum Gasteiger partial charge on any atom is 0.135 e. The molecule has 1 atom stereocenters. The molecule has 2 heterocycles. The normalized spacial score (nSPS) is 12.8. The fourth-order valence-electron chi connectivity index (χ4n) is 1.30. The van der Waals surface area contributed by atoms with Crippen LogP contribution in [0.1, 0.15) is 15.9 Å². The van der Waals surface area contributed by atoms with Crippen molar-refractivity contribution in [1.82, 2.24) is 0 Å². The van der Waals surface area contributed by atoms with Gasteiger partial charge in [-0.1, -0.05) is 11.6 Å². The molecular weight excluding hydrogens is 332 g/mol. The van der Waals surface area contributed by atoms with Gasteiger partial charge in [-0.3, -0.25) is 0 Å². The summed E-state index contributed by atoms with van der Waals surface area (Å²) in [4.78, 5) is 1.60. The summed E-state index contributed by atoms with van der Waals surface area (Å²) >= 11 is 12.1. The van der Waals surface area contributed by atoms with Gasteiger partial charge in [-0.05, 0) is 33.4 Å². The Kier molecular flexibility index (Phi) is 3.92. The average molecular weight is 340 g/mol. The fourth-order valence-corrected chi connectivity index (χ4v) is 3.97. The Morgan fingerprint density at radius 2 is 2.31 bits per heavy atom. The fraction of sp³-hybridized carbons (Fsp3) is 0.200. The first-order valence-electron chi connectivity index (χ1n) is 4.37. The molecule has 0 aliphatic rings. The first-order valence-corrected chi connectivity index (χ1v) is 7.24. The average Bonchev–Trinajstić information content (AvgIpc) is 2.85. The number of halogens is 2. The van der Waals surface area contributed by atoms with Crippen molar-refractivity contribution in [3.05, 3.63) is 36.1 Å².